The zero-order valence-electron chi connectivity index (χ0n) is 13.9. The largest absolute Gasteiger partial charge is 0.378 e. The zero-order valence-corrected chi connectivity index (χ0v) is 14.6. The third-order valence-electron chi connectivity index (χ3n) is 4.15. The number of nitrogens with one attached hydrogen (secondary N) is 1. The zero-order chi connectivity index (χ0) is 17.9. The van der Waals surface area contributed by atoms with E-state index in [4.69, 9.17) is 16.6 Å². The molecule has 4 aromatic rings. The molecule has 0 aliphatic carbocycles. The van der Waals surface area contributed by atoms with Crippen molar-refractivity contribution in [2.75, 3.05) is 5.32 Å². The number of aromatic nitrogens is 2. The molecule has 0 aliphatic heterocycles. The van der Waals surface area contributed by atoms with Gasteiger partial charge in [0.2, 0.25) is 0 Å². The lowest BCUT2D eigenvalue weighted by atomic mass is 10.2. The molecule has 0 spiro atoms. The first kappa shape index (κ1) is 16.4. The van der Waals surface area contributed by atoms with Gasteiger partial charge >= 0.3 is 0 Å². The van der Waals surface area contributed by atoms with E-state index in [2.05, 4.69) is 5.32 Å². The standard InChI is InChI=1S/C21H16ClN3O/c22-15-10-12-16(13-11-15)23-14-20-24-19-9-5-4-8-18(19)21(26)25(20)17-6-2-1-3-7-17/h1-13,23H,14H2. The van der Waals surface area contributed by atoms with Crippen molar-refractivity contribution in [3.05, 3.63) is 100 Å². The fourth-order valence-corrected chi connectivity index (χ4v) is 3.02. The number of para-hydroxylation sites is 2. The molecule has 0 atom stereocenters. The molecule has 4 nitrogen and oxygen atoms in total. The third-order valence-corrected chi connectivity index (χ3v) is 4.41. The Hall–Kier alpha value is -3.11. The van der Waals surface area contributed by atoms with Crippen LogP contribution in [0.25, 0.3) is 16.6 Å². The van der Waals surface area contributed by atoms with Gasteiger partial charge in [-0.1, -0.05) is 41.9 Å². The van der Waals surface area contributed by atoms with Gasteiger partial charge in [-0.3, -0.25) is 9.36 Å². The molecule has 26 heavy (non-hydrogen) atoms. The summed E-state index contributed by atoms with van der Waals surface area (Å²) in [5.74, 6) is 0.648. The second kappa shape index (κ2) is 7.02. The van der Waals surface area contributed by atoms with Crippen LogP contribution >= 0.6 is 11.6 Å². The second-order valence-electron chi connectivity index (χ2n) is 5.88. The molecule has 0 radical (unpaired) electrons. The third kappa shape index (κ3) is 3.19. The molecule has 0 bridgehead atoms. The van der Waals surface area contributed by atoms with Crippen LogP contribution in [0.15, 0.2) is 83.7 Å². The van der Waals surface area contributed by atoms with Gasteiger partial charge in [-0.25, -0.2) is 4.98 Å². The highest BCUT2D eigenvalue weighted by Crippen LogP contribution is 2.16. The van der Waals surface area contributed by atoms with Crippen molar-refractivity contribution >= 4 is 28.2 Å². The monoisotopic (exact) mass is 361 g/mol. The van der Waals surface area contributed by atoms with Crippen LogP contribution in [0.4, 0.5) is 5.69 Å². The van der Waals surface area contributed by atoms with Crippen molar-refractivity contribution in [1.82, 2.24) is 9.55 Å². The topological polar surface area (TPSA) is 46.9 Å². The van der Waals surface area contributed by atoms with Crippen molar-refractivity contribution in [3.8, 4) is 5.69 Å². The summed E-state index contributed by atoms with van der Waals surface area (Å²) in [6.45, 7) is 0.413. The summed E-state index contributed by atoms with van der Waals surface area (Å²) >= 11 is 5.93. The normalized spacial score (nSPS) is 10.8. The van der Waals surface area contributed by atoms with Gasteiger partial charge in [0, 0.05) is 10.7 Å². The van der Waals surface area contributed by atoms with Crippen molar-refractivity contribution in [2.24, 2.45) is 0 Å². The molecule has 0 amide bonds. The minimum atomic E-state index is -0.0743. The Morgan fingerprint density at radius 1 is 0.885 bits per heavy atom. The Kier molecular flexibility index (Phi) is 4.42. The van der Waals surface area contributed by atoms with E-state index in [0.29, 0.717) is 28.3 Å². The van der Waals surface area contributed by atoms with Crippen molar-refractivity contribution < 1.29 is 0 Å². The number of hydrogen-bond donors (Lipinski definition) is 1. The minimum Gasteiger partial charge on any atom is -0.378 e. The number of rotatable bonds is 4. The van der Waals surface area contributed by atoms with E-state index >= 15 is 0 Å². The van der Waals surface area contributed by atoms with Crippen LogP contribution in [-0.2, 0) is 6.54 Å². The maximum Gasteiger partial charge on any atom is 0.266 e. The average molecular weight is 362 g/mol. The van der Waals surface area contributed by atoms with E-state index in [1.165, 1.54) is 0 Å². The van der Waals surface area contributed by atoms with Crippen LogP contribution in [0, 0.1) is 0 Å². The Bertz CT molecular complexity index is 1110. The van der Waals surface area contributed by atoms with E-state index in [9.17, 15) is 4.79 Å². The Morgan fingerprint density at radius 2 is 1.58 bits per heavy atom. The highest BCUT2D eigenvalue weighted by Gasteiger charge is 2.12. The van der Waals surface area contributed by atoms with E-state index in [0.717, 1.165) is 11.4 Å². The fourth-order valence-electron chi connectivity index (χ4n) is 2.89. The molecular formula is C21H16ClN3O. The van der Waals surface area contributed by atoms with Crippen LogP contribution < -0.4 is 10.9 Å². The maximum atomic E-state index is 13.1. The first-order chi connectivity index (χ1) is 12.7. The first-order valence-corrected chi connectivity index (χ1v) is 8.66. The lowest BCUT2D eigenvalue weighted by Crippen LogP contribution is -2.25. The molecule has 128 valence electrons. The Labute approximate surface area is 155 Å². The van der Waals surface area contributed by atoms with Crippen LogP contribution in [0.1, 0.15) is 5.82 Å². The quantitative estimate of drug-likeness (QED) is 0.575. The molecule has 1 N–H and O–H groups in total. The van der Waals surface area contributed by atoms with Gasteiger partial charge < -0.3 is 5.32 Å². The summed E-state index contributed by atoms with van der Waals surface area (Å²) in [7, 11) is 0. The highest BCUT2D eigenvalue weighted by molar-refractivity contribution is 6.30. The molecule has 0 saturated carbocycles. The first-order valence-electron chi connectivity index (χ1n) is 8.28. The van der Waals surface area contributed by atoms with E-state index in [1.54, 1.807) is 10.6 Å². The van der Waals surface area contributed by atoms with Gasteiger partial charge in [-0.15, -0.1) is 0 Å². The predicted octanol–water partition coefficient (Wildman–Crippen LogP) is 4.65. The summed E-state index contributed by atoms with van der Waals surface area (Å²) < 4.78 is 1.66. The van der Waals surface area contributed by atoms with Gasteiger partial charge in [0.05, 0.1) is 23.1 Å². The summed E-state index contributed by atoms with van der Waals surface area (Å²) in [6.07, 6.45) is 0. The molecule has 1 aromatic heterocycles. The SMILES string of the molecule is O=c1c2ccccc2nc(CNc2ccc(Cl)cc2)n1-c1ccccc1. The molecular weight excluding hydrogens is 346 g/mol. The van der Waals surface area contributed by atoms with Crippen LogP contribution in [0.5, 0.6) is 0 Å². The lowest BCUT2D eigenvalue weighted by Gasteiger charge is -2.15. The second-order valence-corrected chi connectivity index (χ2v) is 6.32. The minimum absolute atomic E-state index is 0.0743. The van der Waals surface area contributed by atoms with Gasteiger partial charge in [-0.05, 0) is 48.5 Å². The predicted molar refractivity (Wildman–Crippen MR) is 106 cm³/mol. The van der Waals surface area contributed by atoms with Gasteiger partial charge in [0.25, 0.3) is 5.56 Å². The molecule has 0 aliphatic rings. The van der Waals surface area contributed by atoms with Crippen LogP contribution in [-0.4, -0.2) is 9.55 Å². The van der Waals surface area contributed by atoms with Crippen LogP contribution in [0.3, 0.4) is 0 Å². The molecule has 3 aromatic carbocycles. The van der Waals surface area contributed by atoms with E-state index < -0.39 is 0 Å². The van der Waals surface area contributed by atoms with Gasteiger partial charge in [0.15, 0.2) is 0 Å². The molecule has 4 rings (SSSR count). The number of nitrogens with zero attached hydrogens (tertiary/aromatic N) is 2. The van der Waals surface area contributed by atoms with Gasteiger partial charge in [0.1, 0.15) is 5.82 Å². The lowest BCUT2D eigenvalue weighted by molar-refractivity contribution is 0.839. The van der Waals surface area contributed by atoms with E-state index in [-0.39, 0.29) is 5.56 Å². The summed E-state index contributed by atoms with van der Waals surface area (Å²) in [5.41, 5.74) is 2.33. The molecule has 5 heteroatoms. The molecule has 1 heterocycles. The number of hydrogen-bond acceptors (Lipinski definition) is 3. The molecule has 0 saturated heterocycles. The Balaban J connectivity index is 1.81. The maximum absolute atomic E-state index is 13.1. The van der Waals surface area contributed by atoms with Crippen molar-refractivity contribution in [3.63, 3.8) is 0 Å². The molecule has 0 unspecified atom stereocenters. The van der Waals surface area contributed by atoms with Crippen LogP contribution in [0.2, 0.25) is 5.02 Å². The summed E-state index contributed by atoms with van der Waals surface area (Å²) in [5, 5.41) is 4.59. The van der Waals surface area contributed by atoms with Gasteiger partial charge in [-0.2, -0.15) is 0 Å². The van der Waals surface area contributed by atoms with Crippen molar-refractivity contribution in [2.45, 2.75) is 6.54 Å². The number of fused-ring (bicyclic) bond motifs is 1. The molecule has 0 fully saturated rings. The number of anilines is 1. The van der Waals surface area contributed by atoms with E-state index in [1.807, 2.05) is 72.8 Å². The Morgan fingerprint density at radius 3 is 2.35 bits per heavy atom. The number of benzene rings is 3. The van der Waals surface area contributed by atoms with Crippen molar-refractivity contribution in [1.29, 1.82) is 0 Å². The number of halogens is 1. The average Bonchev–Trinajstić information content (AvgIpc) is 2.68. The smallest absolute Gasteiger partial charge is 0.266 e. The highest BCUT2D eigenvalue weighted by atomic mass is 35.5. The summed E-state index contributed by atoms with van der Waals surface area (Å²) in [4.78, 5) is 17.8. The summed E-state index contributed by atoms with van der Waals surface area (Å²) in [6, 6.07) is 24.4. The fraction of sp³-hybridized carbons (Fsp3) is 0.0476.